The second-order valence-corrected chi connectivity index (χ2v) is 5.56. The summed E-state index contributed by atoms with van der Waals surface area (Å²) in [6.07, 6.45) is 7.39. The minimum atomic E-state index is 0. The van der Waals surface area contributed by atoms with Crippen LogP contribution in [0.1, 0.15) is 44.1 Å². The first kappa shape index (κ1) is 44.0. The van der Waals surface area contributed by atoms with Crippen molar-refractivity contribution in [1.82, 2.24) is 0 Å². The van der Waals surface area contributed by atoms with Crippen LogP contribution in [-0.2, 0) is 66.2 Å². The summed E-state index contributed by atoms with van der Waals surface area (Å²) < 4.78 is 51.0. The van der Waals surface area contributed by atoms with Gasteiger partial charge in [0.1, 0.15) is 0 Å². The number of hydrogen-bond donors (Lipinski definition) is 0. The molecule has 3 rings (SSSR count). The van der Waals surface area contributed by atoms with Gasteiger partial charge in [-0.2, -0.15) is 0 Å². The molecule has 2 radical (unpaired) electrons. The summed E-state index contributed by atoms with van der Waals surface area (Å²) in [5.74, 6) is 7.30. The Morgan fingerprint density at radius 2 is 1.22 bits per heavy atom. The zero-order valence-electron chi connectivity index (χ0n) is 16.9. The van der Waals surface area contributed by atoms with E-state index in [4.69, 9.17) is 32.6 Å². The van der Waals surface area contributed by atoms with Gasteiger partial charge in [0, 0.05) is 51.6 Å². The number of benzene rings is 1. The summed E-state index contributed by atoms with van der Waals surface area (Å²) in [6, 6.07) is 10.3. The number of ether oxygens (including phenoxy) is 1. The minimum Gasteiger partial charge on any atom is 0 e. The Hall–Kier alpha value is -1.81. The number of rotatable bonds is 0. The van der Waals surface area contributed by atoms with E-state index in [0.29, 0.717) is 5.92 Å². The molecular weight excluding hydrogens is 506 g/mol. The van der Waals surface area contributed by atoms with E-state index in [2.05, 4.69) is 63.9 Å². The molecule has 2 aliphatic rings. The molecule has 172 valence electrons. The van der Waals surface area contributed by atoms with Crippen LogP contribution in [-0.4, -0.2) is 12.2 Å². The molecule has 1 aromatic rings. The van der Waals surface area contributed by atoms with Crippen molar-refractivity contribution in [2.45, 2.75) is 44.1 Å². The maximum absolute atomic E-state index is 7.50. The predicted molar refractivity (Wildman–Crippen MR) is 96.8 cm³/mol. The average Bonchev–Trinajstić information content (AvgIpc) is 3.33. The van der Waals surface area contributed by atoms with Crippen molar-refractivity contribution in [3.05, 3.63) is 75.8 Å². The quantitative estimate of drug-likeness (QED) is 0.286. The zero-order valence-corrected chi connectivity index (χ0v) is 19.0. The van der Waals surface area contributed by atoms with Crippen molar-refractivity contribution in [3.8, 4) is 11.8 Å². The van der Waals surface area contributed by atoms with E-state index in [1.807, 2.05) is 18.2 Å². The molecule has 1 saturated heterocycles. The van der Waals surface area contributed by atoms with Gasteiger partial charge in [0.2, 0.25) is 0 Å². The molecule has 0 N–H and O–H groups in total. The minimum absolute atomic E-state index is 0. The summed E-state index contributed by atoms with van der Waals surface area (Å²) in [7, 11) is 0. The maximum atomic E-state index is 7.50. The first-order valence-corrected chi connectivity index (χ1v) is 8.29. The van der Waals surface area contributed by atoms with Crippen molar-refractivity contribution in [3.63, 3.8) is 0 Å². The van der Waals surface area contributed by atoms with Gasteiger partial charge in [0.15, 0.2) is 0 Å². The van der Waals surface area contributed by atoms with Gasteiger partial charge < -0.3 is 4.74 Å². The van der Waals surface area contributed by atoms with Crippen LogP contribution >= 0.6 is 0 Å². The van der Waals surface area contributed by atoms with Gasteiger partial charge >= 0.3 is 67.8 Å². The molecule has 1 aliphatic heterocycles. The first-order valence-electron chi connectivity index (χ1n) is 8.29. The fourth-order valence-electron chi connectivity index (χ4n) is 3.27. The summed E-state index contributed by atoms with van der Waals surface area (Å²) >= 11 is 0. The molecule has 0 bridgehead atoms. The Kier molecular flexibility index (Phi) is 50.2. The van der Waals surface area contributed by atoms with Crippen LogP contribution in [0, 0.1) is 57.7 Å². The van der Waals surface area contributed by atoms with Gasteiger partial charge in [-0.1, -0.05) is 30.0 Å². The van der Waals surface area contributed by atoms with Crippen LogP contribution in [0.5, 0.6) is 0 Å². The van der Waals surface area contributed by atoms with E-state index >= 15 is 0 Å². The summed E-state index contributed by atoms with van der Waals surface area (Å²) in [6.45, 7) is 28.0. The van der Waals surface area contributed by atoms with Crippen LogP contribution < -0.4 is 0 Å². The Morgan fingerprint density at radius 3 is 1.66 bits per heavy atom. The molecule has 0 unspecified atom stereocenters. The van der Waals surface area contributed by atoms with Gasteiger partial charge in [-0.25, -0.2) is 0 Å². The number of hydrogen-bond acceptors (Lipinski definition) is 1. The van der Waals surface area contributed by atoms with Gasteiger partial charge in [-0.15, -0.1) is 0 Å². The Labute approximate surface area is 210 Å². The third kappa shape index (κ3) is 20.1. The molecule has 0 aromatic heterocycles. The molecular formula is C23H20Co2O7. The standard InChI is InChI=1S/C17H20O.6CO.2Co/c1-2-6-15(7-3-1)9-10-16-8-4-11-17(14-16)12-5-13-18-17;6*1-2;;/h1-3,6-7,16H,4-5,8,11-14H2;;;;;;;;/t16-,17-;;;;;;;;/m0......../s1. The monoisotopic (exact) mass is 526 g/mol. The third-order valence-corrected chi connectivity index (χ3v) is 4.18. The summed E-state index contributed by atoms with van der Waals surface area (Å²) in [5.41, 5.74) is 1.32. The second-order valence-electron chi connectivity index (χ2n) is 5.56. The van der Waals surface area contributed by atoms with E-state index in [1.165, 1.54) is 32.1 Å². The molecule has 1 aliphatic carbocycles. The fourth-order valence-corrected chi connectivity index (χ4v) is 3.27. The molecule has 1 aromatic carbocycles. The van der Waals surface area contributed by atoms with E-state index in [1.54, 1.807) is 0 Å². The van der Waals surface area contributed by atoms with Crippen molar-refractivity contribution >= 4 is 0 Å². The largest absolute Gasteiger partial charge is 0 e. The zero-order chi connectivity index (χ0) is 24.3. The van der Waals surface area contributed by atoms with E-state index in [0.717, 1.165) is 18.6 Å². The first-order chi connectivity index (χ1) is 14.9. The Balaban J connectivity index is -0.000000106. The van der Waals surface area contributed by atoms with Gasteiger partial charge in [-0.3, -0.25) is 0 Å². The third-order valence-electron chi connectivity index (χ3n) is 4.18. The van der Waals surface area contributed by atoms with Crippen LogP contribution in [0.25, 0.3) is 0 Å². The topological polar surface area (TPSA) is 129 Å². The molecule has 9 heteroatoms. The van der Waals surface area contributed by atoms with Crippen molar-refractivity contribution in [1.29, 1.82) is 0 Å². The maximum Gasteiger partial charge on any atom is 0 e. The molecule has 32 heavy (non-hydrogen) atoms. The molecule has 0 amide bonds. The van der Waals surface area contributed by atoms with E-state index in [-0.39, 0.29) is 39.2 Å². The predicted octanol–water partition coefficient (Wildman–Crippen LogP) is 3.55. The van der Waals surface area contributed by atoms with E-state index < -0.39 is 0 Å². The molecule has 2 atom stereocenters. The van der Waals surface area contributed by atoms with Crippen LogP contribution in [0.2, 0.25) is 0 Å². The molecule has 2 fully saturated rings. The normalized spacial score (nSPS) is 17.8. The Bertz CT molecular complexity index is 658. The van der Waals surface area contributed by atoms with Gasteiger partial charge in [-0.05, 0) is 50.7 Å². The van der Waals surface area contributed by atoms with Gasteiger partial charge in [0.25, 0.3) is 0 Å². The molecule has 1 spiro atoms. The van der Waals surface area contributed by atoms with Crippen molar-refractivity contribution < 1.29 is 66.2 Å². The molecule has 1 heterocycles. The molecule has 1 saturated carbocycles. The van der Waals surface area contributed by atoms with Crippen LogP contribution in [0.4, 0.5) is 0 Å². The van der Waals surface area contributed by atoms with Crippen molar-refractivity contribution in [2.75, 3.05) is 6.61 Å². The smallest absolute Gasteiger partial charge is 0 e. The average molecular weight is 526 g/mol. The van der Waals surface area contributed by atoms with Crippen LogP contribution in [0.15, 0.2) is 30.3 Å². The fraction of sp³-hybridized carbons (Fsp3) is 0.391. The molecule has 7 nitrogen and oxygen atoms in total. The Morgan fingerprint density at radius 1 is 0.750 bits per heavy atom. The van der Waals surface area contributed by atoms with E-state index in [9.17, 15) is 0 Å². The van der Waals surface area contributed by atoms with Crippen molar-refractivity contribution in [2.24, 2.45) is 5.92 Å². The van der Waals surface area contributed by atoms with Crippen LogP contribution in [0.3, 0.4) is 0 Å². The SMILES string of the molecule is C(#C[C@@H]1CCC[C@]2(CCCO2)C1)c1ccccc1.[C-]#[O+].[C-]#[O+].[C-]#[O+].[C-]#[O+].[C-]#[O+].[C-]#[O+].[Co].[Co]. The summed E-state index contributed by atoms with van der Waals surface area (Å²) in [4.78, 5) is 0. The van der Waals surface area contributed by atoms with Gasteiger partial charge in [0.05, 0.1) is 5.60 Å². The summed E-state index contributed by atoms with van der Waals surface area (Å²) in [5, 5.41) is 0. The second kappa shape index (κ2) is 36.6.